The van der Waals surface area contributed by atoms with Gasteiger partial charge in [-0.3, -0.25) is 0 Å². The maximum Gasteiger partial charge on any atom is 0.344 e. The highest BCUT2D eigenvalue weighted by Crippen LogP contribution is 2.11. The Balaban J connectivity index is 2.47. The zero-order valence-corrected chi connectivity index (χ0v) is 11.3. The van der Waals surface area contributed by atoms with Crippen molar-refractivity contribution in [3.8, 4) is 0 Å². The SMILES string of the molecule is CC(C)(C)OC(=O)COC(=O)c1ccc(Cl)cc1. The van der Waals surface area contributed by atoms with E-state index >= 15 is 0 Å². The summed E-state index contributed by atoms with van der Waals surface area (Å²) in [6, 6.07) is 6.21. The van der Waals surface area contributed by atoms with Crippen LogP contribution in [0, 0.1) is 0 Å². The van der Waals surface area contributed by atoms with Crippen LogP contribution in [-0.4, -0.2) is 24.1 Å². The molecule has 0 aliphatic heterocycles. The van der Waals surface area contributed by atoms with Gasteiger partial charge in [-0.1, -0.05) is 11.6 Å². The van der Waals surface area contributed by atoms with Crippen LogP contribution in [0.15, 0.2) is 24.3 Å². The van der Waals surface area contributed by atoms with Crippen LogP contribution < -0.4 is 0 Å². The molecule has 1 aromatic rings. The van der Waals surface area contributed by atoms with Gasteiger partial charge in [-0.15, -0.1) is 0 Å². The molecule has 1 aromatic carbocycles. The molecule has 4 nitrogen and oxygen atoms in total. The van der Waals surface area contributed by atoms with Crippen LogP contribution in [0.1, 0.15) is 31.1 Å². The van der Waals surface area contributed by atoms with Gasteiger partial charge in [0.25, 0.3) is 0 Å². The summed E-state index contributed by atoms with van der Waals surface area (Å²) in [6.07, 6.45) is 0. The number of benzene rings is 1. The Morgan fingerprint density at radius 3 is 2.22 bits per heavy atom. The van der Waals surface area contributed by atoms with E-state index in [4.69, 9.17) is 21.1 Å². The molecule has 0 saturated heterocycles. The van der Waals surface area contributed by atoms with E-state index in [0.717, 1.165) is 0 Å². The third kappa shape index (κ3) is 5.19. The normalized spacial score (nSPS) is 10.9. The van der Waals surface area contributed by atoms with Gasteiger partial charge in [-0.2, -0.15) is 0 Å². The molecule has 0 bridgehead atoms. The summed E-state index contributed by atoms with van der Waals surface area (Å²) in [5.41, 5.74) is -0.257. The summed E-state index contributed by atoms with van der Waals surface area (Å²) in [6.45, 7) is 4.82. The summed E-state index contributed by atoms with van der Waals surface area (Å²) in [4.78, 5) is 22.9. The molecule has 5 heteroatoms. The predicted molar refractivity (Wildman–Crippen MR) is 67.6 cm³/mol. The van der Waals surface area contributed by atoms with Crippen molar-refractivity contribution in [2.24, 2.45) is 0 Å². The Bertz CT molecular complexity index is 431. The van der Waals surface area contributed by atoms with Crippen molar-refractivity contribution >= 4 is 23.5 Å². The smallest absolute Gasteiger partial charge is 0.344 e. The lowest BCUT2D eigenvalue weighted by Gasteiger charge is -2.19. The molecule has 0 spiro atoms. The number of halogens is 1. The Labute approximate surface area is 111 Å². The topological polar surface area (TPSA) is 52.6 Å². The molecule has 0 radical (unpaired) electrons. The molecule has 0 heterocycles. The molecular formula is C13H15ClO4. The number of ether oxygens (including phenoxy) is 2. The van der Waals surface area contributed by atoms with Crippen LogP contribution in [0.5, 0.6) is 0 Å². The second-order valence-corrected chi connectivity index (χ2v) is 5.11. The summed E-state index contributed by atoms with van der Waals surface area (Å²) >= 11 is 5.69. The van der Waals surface area contributed by atoms with E-state index in [1.54, 1.807) is 32.9 Å². The standard InChI is InChI=1S/C13H15ClO4/c1-13(2,3)18-11(15)8-17-12(16)9-4-6-10(14)7-5-9/h4-7H,8H2,1-3H3. The van der Waals surface area contributed by atoms with E-state index in [0.29, 0.717) is 10.6 Å². The second kappa shape index (κ2) is 5.87. The molecule has 0 atom stereocenters. The van der Waals surface area contributed by atoms with Crippen LogP contribution >= 0.6 is 11.6 Å². The Morgan fingerprint density at radius 1 is 1.17 bits per heavy atom. The molecule has 0 aliphatic carbocycles. The fourth-order valence-electron chi connectivity index (χ4n) is 1.16. The summed E-state index contributed by atoms with van der Waals surface area (Å²) in [7, 11) is 0. The quantitative estimate of drug-likeness (QED) is 0.793. The maximum absolute atomic E-state index is 11.6. The van der Waals surface area contributed by atoms with Gasteiger partial charge in [-0.25, -0.2) is 9.59 Å². The van der Waals surface area contributed by atoms with Gasteiger partial charge in [-0.05, 0) is 45.0 Å². The van der Waals surface area contributed by atoms with Crippen molar-refractivity contribution in [1.82, 2.24) is 0 Å². The first-order valence-corrected chi connectivity index (χ1v) is 5.80. The summed E-state index contributed by atoms with van der Waals surface area (Å²) < 4.78 is 9.82. The average Bonchev–Trinajstić information content (AvgIpc) is 2.24. The molecule has 0 aliphatic rings. The minimum atomic E-state index is -0.593. The van der Waals surface area contributed by atoms with Crippen molar-refractivity contribution in [3.63, 3.8) is 0 Å². The second-order valence-electron chi connectivity index (χ2n) is 4.67. The van der Waals surface area contributed by atoms with Crippen LogP contribution in [-0.2, 0) is 14.3 Å². The van der Waals surface area contributed by atoms with Gasteiger partial charge in [0.1, 0.15) is 5.60 Å². The third-order valence-electron chi connectivity index (χ3n) is 1.82. The molecule has 0 aromatic heterocycles. The average molecular weight is 271 g/mol. The maximum atomic E-state index is 11.6. The van der Waals surface area contributed by atoms with E-state index in [1.165, 1.54) is 12.1 Å². The van der Waals surface area contributed by atoms with E-state index < -0.39 is 24.1 Å². The van der Waals surface area contributed by atoms with E-state index in [-0.39, 0.29) is 0 Å². The molecule has 18 heavy (non-hydrogen) atoms. The van der Waals surface area contributed by atoms with E-state index in [9.17, 15) is 9.59 Å². The summed E-state index contributed by atoms with van der Waals surface area (Å²) in [5, 5.41) is 0.527. The molecule has 1 rings (SSSR count). The van der Waals surface area contributed by atoms with Crippen LogP contribution in [0.3, 0.4) is 0 Å². The first-order valence-electron chi connectivity index (χ1n) is 5.42. The van der Waals surface area contributed by atoms with Crippen LogP contribution in [0.2, 0.25) is 5.02 Å². The molecular weight excluding hydrogens is 256 g/mol. The fraction of sp³-hybridized carbons (Fsp3) is 0.385. The number of carbonyl (C=O) groups excluding carboxylic acids is 2. The lowest BCUT2D eigenvalue weighted by molar-refractivity contribution is -0.158. The highest BCUT2D eigenvalue weighted by molar-refractivity contribution is 6.30. The molecule has 0 amide bonds. The highest BCUT2D eigenvalue weighted by Gasteiger charge is 2.18. The van der Waals surface area contributed by atoms with Crippen molar-refractivity contribution in [2.45, 2.75) is 26.4 Å². The zero-order valence-electron chi connectivity index (χ0n) is 10.5. The zero-order chi connectivity index (χ0) is 13.8. The van der Waals surface area contributed by atoms with Gasteiger partial charge < -0.3 is 9.47 Å². The number of hydrogen-bond donors (Lipinski definition) is 0. The molecule has 0 N–H and O–H groups in total. The number of esters is 2. The van der Waals surface area contributed by atoms with E-state index in [2.05, 4.69) is 0 Å². The molecule has 0 fully saturated rings. The van der Waals surface area contributed by atoms with Crippen molar-refractivity contribution in [2.75, 3.05) is 6.61 Å². The van der Waals surface area contributed by atoms with Gasteiger partial charge in [0.2, 0.25) is 0 Å². The van der Waals surface area contributed by atoms with Gasteiger partial charge in [0, 0.05) is 5.02 Å². The lowest BCUT2D eigenvalue weighted by atomic mass is 10.2. The minimum Gasteiger partial charge on any atom is -0.457 e. The number of hydrogen-bond acceptors (Lipinski definition) is 4. The van der Waals surface area contributed by atoms with Crippen molar-refractivity contribution in [1.29, 1.82) is 0 Å². The summed E-state index contributed by atoms with van der Waals surface area (Å²) in [5.74, 6) is -1.16. The first-order chi connectivity index (χ1) is 8.28. The number of carbonyl (C=O) groups is 2. The predicted octanol–water partition coefficient (Wildman–Crippen LogP) is 2.84. The Hall–Kier alpha value is -1.55. The number of rotatable bonds is 3. The van der Waals surface area contributed by atoms with Crippen LogP contribution in [0.25, 0.3) is 0 Å². The van der Waals surface area contributed by atoms with Gasteiger partial charge in [0.05, 0.1) is 5.56 Å². The van der Waals surface area contributed by atoms with Gasteiger partial charge in [0.15, 0.2) is 6.61 Å². The lowest BCUT2D eigenvalue weighted by Crippen LogP contribution is -2.27. The highest BCUT2D eigenvalue weighted by atomic mass is 35.5. The van der Waals surface area contributed by atoms with Crippen molar-refractivity contribution in [3.05, 3.63) is 34.9 Å². The largest absolute Gasteiger partial charge is 0.457 e. The first kappa shape index (κ1) is 14.5. The van der Waals surface area contributed by atoms with Crippen molar-refractivity contribution < 1.29 is 19.1 Å². The molecule has 0 saturated carbocycles. The molecule has 0 unspecified atom stereocenters. The fourth-order valence-corrected chi connectivity index (χ4v) is 1.29. The van der Waals surface area contributed by atoms with Gasteiger partial charge >= 0.3 is 11.9 Å². The minimum absolute atomic E-state index is 0.336. The molecule has 98 valence electrons. The third-order valence-corrected chi connectivity index (χ3v) is 2.07. The van der Waals surface area contributed by atoms with E-state index in [1.807, 2.05) is 0 Å². The van der Waals surface area contributed by atoms with Crippen LogP contribution in [0.4, 0.5) is 0 Å². The Kier molecular flexibility index (Phi) is 4.73. The Morgan fingerprint density at radius 2 is 1.72 bits per heavy atom. The monoisotopic (exact) mass is 270 g/mol.